The summed E-state index contributed by atoms with van der Waals surface area (Å²) in [6.45, 7) is 2.23. The zero-order valence-corrected chi connectivity index (χ0v) is 15.1. The second-order valence-electron chi connectivity index (χ2n) is 8.22. The lowest BCUT2D eigenvalue weighted by molar-refractivity contribution is -0.273. The van der Waals surface area contributed by atoms with Gasteiger partial charge in [0.15, 0.2) is 0 Å². The smallest absolute Gasteiger partial charge is 0.217 e. The van der Waals surface area contributed by atoms with Gasteiger partial charge in [0.2, 0.25) is 6.41 Å². The summed E-state index contributed by atoms with van der Waals surface area (Å²) in [7, 11) is 0. The van der Waals surface area contributed by atoms with Crippen LogP contribution in [0.1, 0.15) is 103 Å². The predicted octanol–water partition coefficient (Wildman–Crippen LogP) is 4.97. The van der Waals surface area contributed by atoms with E-state index in [0.29, 0.717) is 12.1 Å². The van der Waals surface area contributed by atoms with Crippen LogP contribution in [-0.2, 0) is 4.74 Å². The Labute approximate surface area is 142 Å². The normalized spacial score (nSPS) is 28.3. The van der Waals surface area contributed by atoms with Gasteiger partial charge in [-0.15, -0.1) is 0 Å². The molecule has 3 saturated carbocycles. The molecule has 0 unspecified atom stereocenters. The number of aliphatic hydroxyl groups is 1. The number of ether oxygens (including phenoxy) is 1. The number of rotatable bonds is 6. The topological polar surface area (TPSA) is 32.7 Å². The molecule has 3 nitrogen and oxygen atoms in total. The summed E-state index contributed by atoms with van der Waals surface area (Å²) in [5.41, 5.74) is -0.0546. The van der Waals surface area contributed by atoms with Crippen LogP contribution in [0.5, 0.6) is 0 Å². The molecule has 3 aliphatic rings. The lowest BCUT2D eigenvalue weighted by Crippen LogP contribution is -2.54. The second-order valence-corrected chi connectivity index (χ2v) is 8.22. The monoisotopic (exact) mass is 323 g/mol. The molecule has 0 aromatic rings. The lowest BCUT2D eigenvalue weighted by atomic mass is 9.89. The molecule has 0 aliphatic heterocycles. The largest absolute Gasteiger partial charge is 0.356 e. The summed E-state index contributed by atoms with van der Waals surface area (Å²) < 4.78 is 6.40. The van der Waals surface area contributed by atoms with Gasteiger partial charge in [0.1, 0.15) is 0 Å². The maximum atomic E-state index is 11.1. The molecule has 0 amide bonds. The highest BCUT2D eigenvalue weighted by Gasteiger charge is 2.40. The Hall–Kier alpha value is -0.120. The number of hydrogen-bond acceptors (Lipinski definition) is 3. The van der Waals surface area contributed by atoms with Gasteiger partial charge >= 0.3 is 0 Å². The van der Waals surface area contributed by atoms with E-state index in [1.54, 1.807) is 0 Å². The van der Waals surface area contributed by atoms with Crippen molar-refractivity contribution in [3.63, 3.8) is 0 Å². The number of aliphatic hydroxyl groups excluding tert-OH is 1. The molecule has 0 saturated heterocycles. The van der Waals surface area contributed by atoms with E-state index in [0.717, 1.165) is 19.3 Å². The summed E-state index contributed by atoms with van der Waals surface area (Å²) in [6.07, 6.45) is 18.1. The first-order valence-corrected chi connectivity index (χ1v) is 10.4. The standard InChI is InChI=1S/C20H37NO2/c1-2-20(15-9-10-16-20)23-19(22)21(17-11-5-3-6-12-17)18-13-7-4-8-14-18/h17-19,22H,2-16H2,1H3/t19-/m0/s1. The summed E-state index contributed by atoms with van der Waals surface area (Å²) in [5, 5.41) is 11.1. The molecule has 0 aromatic heterocycles. The van der Waals surface area contributed by atoms with E-state index in [-0.39, 0.29) is 5.60 Å². The number of nitrogens with zero attached hydrogens (tertiary/aromatic N) is 1. The highest BCUT2D eigenvalue weighted by Crippen LogP contribution is 2.39. The minimum Gasteiger partial charge on any atom is -0.356 e. The van der Waals surface area contributed by atoms with Gasteiger partial charge in [-0.1, -0.05) is 58.3 Å². The number of hydrogen-bond donors (Lipinski definition) is 1. The molecule has 23 heavy (non-hydrogen) atoms. The Bertz CT molecular complexity index is 324. The summed E-state index contributed by atoms with van der Waals surface area (Å²) in [4.78, 5) is 2.41. The molecule has 3 aliphatic carbocycles. The van der Waals surface area contributed by atoms with Crippen molar-refractivity contribution in [3.8, 4) is 0 Å². The van der Waals surface area contributed by atoms with Crippen molar-refractivity contribution >= 4 is 0 Å². The van der Waals surface area contributed by atoms with Crippen LogP contribution in [-0.4, -0.2) is 34.1 Å². The molecule has 0 spiro atoms. The van der Waals surface area contributed by atoms with Crippen molar-refractivity contribution in [2.75, 3.05) is 0 Å². The second kappa shape index (κ2) is 8.31. The van der Waals surface area contributed by atoms with Crippen LogP contribution in [0.4, 0.5) is 0 Å². The molecule has 134 valence electrons. The third-order valence-corrected chi connectivity index (χ3v) is 6.76. The molecule has 0 bridgehead atoms. The molecule has 0 aromatic carbocycles. The first-order chi connectivity index (χ1) is 11.2. The molecule has 3 heteroatoms. The highest BCUT2D eigenvalue weighted by atomic mass is 16.6. The van der Waals surface area contributed by atoms with Gasteiger partial charge in [0.25, 0.3) is 0 Å². The van der Waals surface area contributed by atoms with E-state index in [1.807, 2.05) is 0 Å². The van der Waals surface area contributed by atoms with Gasteiger partial charge in [-0.25, -0.2) is 4.90 Å². The quantitative estimate of drug-likeness (QED) is 0.701. The molecule has 3 fully saturated rings. The first kappa shape index (κ1) is 17.7. The molecular formula is C20H37NO2. The van der Waals surface area contributed by atoms with Crippen molar-refractivity contribution < 1.29 is 9.84 Å². The summed E-state index contributed by atoms with van der Waals surface area (Å²) in [6, 6.07) is 1.08. The SMILES string of the molecule is CCC1(O[C@H](O)N(C2CCCCC2)C2CCCCC2)CCCC1. The summed E-state index contributed by atoms with van der Waals surface area (Å²) >= 11 is 0. The van der Waals surface area contributed by atoms with Crippen LogP contribution in [0.25, 0.3) is 0 Å². The fourth-order valence-corrected chi connectivity index (χ4v) is 5.28. The van der Waals surface area contributed by atoms with E-state index < -0.39 is 6.41 Å². The van der Waals surface area contributed by atoms with Gasteiger partial charge < -0.3 is 9.84 Å². The van der Waals surface area contributed by atoms with Gasteiger partial charge in [0, 0.05) is 12.1 Å². The third-order valence-electron chi connectivity index (χ3n) is 6.76. The van der Waals surface area contributed by atoms with Crippen LogP contribution in [0.15, 0.2) is 0 Å². The van der Waals surface area contributed by atoms with Gasteiger partial charge in [-0.3, -0.25) is 0 Å². The maximum absolute atomic E-state index is 11.1. The van der Waals surface area contributed by atoms with E-state index in [4.69, 9.17) is 4.74 Å². The van der Waals surface area contributed by atoms with E-state index in [9.17, 15) is 5.11 Å². The van der Waals surface area contributed by atoms with Crippen molar-refractivity contribution in [1.29, 1.82) is 0 Å². The Kier molecular flexibility index (Phi) is 6.39. The maximum Gasteiger partial charge on any atom is 0.217 e. The zero-order valence-electron chi connectivity index (χ0n) is 15.1. The highest BCUT2D eigenvalue weighted by molar-refractivity contribution is 4.88. The average molecular weight is 324 g/mol. The van der Waals surface area contributed by atoms with Crippen LogP contribution in [0, 0.1) is 0 Å². The van der Waals surface area contributed by atoms with Gasteiger partial charge in [-0.05, 0) is 44.9 Å². The fourth-order valence-electron chi connectivity index (χ4n) is 5.28. The molecule has 0 heterocycles. The van der Waals surface area contributed by atoms with Crippen molar-refractivity contribution in [2.45, 2.75) is 127 Å². The van der Waals surface area contributed by atoms with E-state index in [2.05, 4.69) is 11.8 Å². The van der Waals surface area contributed by atoms with Gasteiger partial charge in [-0.2, -0.15) is 0 Å². The molecular weight excluding hydrogens is 286 g/mol. The van der Waals surface area contributed by atoms with Crippen LogP contribution in [0.3, 0.4) is 0 Å². The minimum atomic E-state index is -0.681. The van der Waals surface area contributed by atoms with Crippen molar-refractivity contribution in [3.05, 3.63) is 0 Å². The molecule has 1 N–H and O–H groups in total. The predicted molar refractivity (Wildman–Crippen MR) is 94.2 cm³/mol. The van der Waals surface area contributed by atoms with E-state index in [1.165, 1.54) is 77.0 Å². The Balaban J connectivity index is 1.70. The van der Waals surface area contributed by atoms with E-state index >= 15 is 0 Å². The van der Waals surface area contributed by atoms with Crippen LogP contribution in [0.2, 0.25) is 0 Å². The molecule has 0 radical (unpaired) electrons. The van der Waals surface area contributed by atoms with Gasteiger partial charge in [0.05, 0.1) is 5.60 Å². The minimum absolute atomic E-state index is 0.0546. The Morgan fingerprint density at radius 2 is 1.35 bits per heavy atom. The summed E-state index contributed by atoms with van der Waals surface area (Å²) in [5.74, 6) is 0. The lowest BCUT2D eigenvalue weighted by Gasteiger charge is -2.46. The van der Waals surface area contributed by atoms with Crippen LogP contribution < -0.4 is 0 Å². The zero-order chi connectivity index (χ0) is 16.1. The fraction of sp³-hybridized carbons (Fsp3) is 1.00. The first-order valence-electron chi connectivity index (χ1n) is 10.4. The van der Waals surface area contributed by atoms with Crippen LogP contribution >= 0.6 is 0 Å². The molecule has 1 atom stereocenters. The third kappa shape index (κ3) is 4.29. The van der Waals surface area contributed by atoms with Crippen molar-refractivity contribution in [1.82, 2.24) is 4.90 Å². The average Bonchev–Trinajstić information content (AvgIpc) is 3.06. The van der Waals surface area contributed by atoms with Crippen molar-refractivity contribution in [2.24, 2.45) is 0 Å². The Morgan fingerprint density at radius 1 is 0.870 bits per heavy atom. The Morgan fingerprint density at radius 3 is 1.78 bits per heavy atom. The molecule has 3 rings (SSSR count).